The third-order valence-electron chi connectivity index (χ3n) is 3.10. The minimum atomic E-state index is 0.0996. The van der Waals surface area contributed by atoms with E-state index in [4.69, 9.17) is 5.73 Å². The summed E-state index contributed by atoms with van der Waals surface area (Å²) in [5.74, 6) is 0.0996. The zero-order valence-electron chi connectivity index (χ0n) is 11.8. The Morgan fingerprint density at radius 2 is 1.79 bits per heavy atom. The van der Waals surface area contributed by atoms with E-state index in [9.17, 15) is 4.79 Å². The van der Waals surface area contributed by atoms with Gasteiger partial charge >= 0.3 is 0 Å². The van der Waals surface area contributed by atoms with Crippen LogP contribution in [0.4, 0.5) is 5.69 Å². The lowest BCUT2D eigenvalue weighted by Gasteiger charge is -2.22. The van der Waals surface area contributed by atoms with Gasteiger partial charge in [0, 0.05) is 28.8 Å². The molecule has 0 bridgehead atoms. The topological polar surface area (TPSA) is 46.3 Å². The van der Waals surface area contributed by atoms with Crippen LogP contribution >= 0.6 is 15.9 Å². The quantitative estimate of drug-likeness (QED) is 0.767. The van der Waals surface area contributed by atoms with Crippen LogP contribution in [0.15, 0.2) is 22.7 Å². The van der Waals surface area contributed by atoms with Crippen molar-refractivity contribution >= 4 is 27.5 Å². The monoisotopic (exact) mass is 326 g/mol. The van der Waals surface area contributed by atoms with Crippen LogP contribution in [-0.2, 0) is 0 Å². The van der Waals surface area contributed by atoms with Crippen LogP contribution in [0.1, 0.15) is 49.9 Å². The lowest BCUT2D eigenvalue weighted by atomic mass is 10.1. The summed E-state index contributed by atoms with van der Waals surface area (Å²) in [7, 11) is 0. The van der Waals surface area contributed by atoms with Crippen molar-refractivity contribution in [2.75, 3.05) is 18.8 Å². The predicted octanol–water partition coefficient (Wildman–Crippen LogP) is 4.07. The molecule has 3 nitrogen and oxygen atoms in total. The minimum absolute atomic E-state index is 0.0996. The van der Waals surface area contributed by atoms with Crippen LogP contribution in [0.2, 0.25) is 0 Å². The van der Waals surface area contributed by atoms with E-state index in [-0.39, 0.29) is 5.91 Å². The van der Waals surface area contributed by atoms with Gasteiger partial charge in [0.1, 0.15) is 0 Å². The van der Waals surface area contributed by atoms with Crippen molar-refractivity contribution in [3.63, 3.8) is 0 Å². The highest BCUT2D eigenvalue weighted by molar-refractivity contribution is 9.10. The number of rotatable bonds is 7. The van der Waals surface area contributed by atoms with Gasteiger partial charge in [-0.05, 0) is 47.0 Å². The molecule has 0 saturated carbocycles. The zero-order chi connectivity index (χ0) is 14.3. The Labute approximate surface area is 124 Å². The number of unbranched alkanes of at least 4 members (excludes halogenated alkanes) is 2. The van der Waals surface area contributed by atoms with Crippen molar-refractivity contribution in [2.24, 2.45) is 0 Å². The van der Waals surface area contributed by atoms with Gasteiger partial charge in [0.25, 0.3) is 5.91 Å². The molecule has 1 aromatic carbocycles. The highest BCUT2D eigenvalue weighted by atomic mass is 79.9. The molecule has 0 radical (unpaired) electrons. The van der Waals surface area contributed by atoms with Crippen molar-refractivity contribution in [3.8, 4) is 0 Å². The van der Waals surface area contributed by atoms with Crippen molar-refractivity contribution in [2.45, 2.75) is 39.5 Å². The third-order valence-corrected chi connectivity index (χ3v) is 3.78. The van der Waals surface area contributed by atoms with Crippen LogP contribution in [0, 0.1) is 0 Å². The SMILES string of the molecule is CCCCN(CCCC)C(=O)c1ccc(N)c(Br)c1. The second-order valence-corrected chi connectivity index (χ2v) is 5.59. The van der Waals surface area contributed by atoms with Crippen LogP contribution in [0.3, 0.4) is 0 Å². The fraction of sp³-hybridized carbons (Fsp3) is 0.533. The summed E-state index contributed by atoms with van der Waals surface area (Å²) in [6, 6.07) is 5.38. The van der Waals surface area contributed by atoms with Gasteiger partial charge < -0.3 is 10.6 Å². The van der Waals surface area contributed by atoms with Gasteiger partial charge in [0.15, 0.2) is 0 Å². The molecule has 0 atom stereocenters. The van der Waals surface area contributed by atoms with Crippen molar-refractivity contribution in [3.05, 3.63) is 28.2 Å². The molecule has 0 saturated heterocycles. The Kier molecular flexibility index (Phi) is 6.92. The molecule has 1 aromatic rings. The van der Waals surface area contributed by atoms with Gasteiger partial charge in [-0.25, -0.2) is 0 Å². The van der Waals surface area contributed by atoms with Gasteiger partial charge in [-0.2, -0.15) is 0 Å². The summed E-state index contributed by atoms with van der Waals surface area (Å²) in [4.78, 5) is 14.4. The fourth-order valence-corrected chi connectivity index (χ4v) is 2.23. The van der Waals surface area contributed by atoms with Gasteiger partial charge in [-0.3, -0.25) is 4.79 Å². The van der Waals surface area contributed by atoms with E-state index < -0.39 is 0 Å². The average molecular weight is 327 g/mol. The molecule has 0 aliphatic rings. The molecule has 0 spiro atoms. The molecule has 19 heavy (non-hydrogen) atoms. The number of halogens is 1. The summed E-state index contributed by atoms with van der Waals surface area (Å²) >= 11 is 3.37. The summed E-state index contributed by atoms with van der Waals surface area (Å²) < 4.78 is 0.782. The number of nitrogen functional groups attached to an aromatic ring is 1. The summed E-state index contributed by atoms with van der Waals surface area (Å²) in [6.45, 7) is 5.94. The predicted molar refractivity (Wildman–Crippen MR) is 84.3 cm³/mol. The Morgan fingerprint density at radius 3 is 2.26 bits per heavy atom. The van der Waals surface area contributed by atoms with Gasteiger partial charge in [0.2, 0.25) is 0 Å². The van der Waals surface area contributed by atoms with Crippen LogP contribution in [0.25, 0.3) is 0 Å². The number of amides is 1. The van der Waals surface area contributed by atoms with E-state index >= 15 is 0 Å². The van der Waals surface area contributed by atoms with E-state index in [0.29, 0.717) is 11.3 Å². The standard InChI is InChI=1S/C15H23BrN2O/c1-3-5-9-18(10-6-4-2)15(19)12-7-8-14(17)13(16)11-12/h7-8,11H,3-6,9-10,17H2,1-2H3. The highest BCUT2D eigenvalue weighted by Crippen LogP contribution is 2.21. The maximum Gasteiger partial charge on any atom is 0.253 e. The first-order chi connectivity index (χ1) is 9.10. The Balaban J connectivity index is 2.81. The first-order valence-corrected chi connectivity index (χ1v) is 7.73. The Hall–Kier alpha value is -1.03. The molecule has 0 fully saturated rings. The van der Waals surface area contributed by atoms with E-state index in [0.717, 1.165) is 43.2 Å². The normalized spacial score (nSPS) is 10.5. The first-order valence-electron chi connectivity index (χ1n) is 6.94. The molecular formula is C15H23BrN2O. The van der Waals surface area contributed by atoms with E-state index in [1.807, 2.05) is 11.0 Å². The Morgan fingerprint density at radius 1 is 1.21 bits per heavy atom. The molecule has 106 valence electrons. The van der Waals surface area contributed by atoms with Gasteiger partial charge in [0.05, 0.1) is 0 Å². The summed E-state index contributed by atoms with van der Waals surface area (Å²) in [5.41, 5.74) is 7.11. The van der Waals surface area contributed by atoms with Gasteiger partial charge in [-0.1, -0.05) is 26.7 Å². The molecule has 0 heterocycles. The smallest absolute Gasteiger partial charge is 0.253 e. The largest absolute Gasteiger partial charge is 0.398 e. The van der Waals surface area contributed by atoms with E-state index in [2.05, 4.69) is 29.8 Å². The van der Waals surface area contributed by atoms with E-state index in [1.165, 1.54) is 0 Å². The van der Waals surface area contributed by atoms with Crippen LogP contribution in [0.5, 0.6) is 0 Å². The van der Waals surface area contributed by atoms with E-state index in [1.54, 1.807) is 12.1 Å². The first kappa shape index (κ1) is 16.0. The lowest BCUT2D eigenvalue weighted by molar-refractivity contribution is 0.0751. The second-order valence-electron chi connectivity index (χ2n) is 4.74. The number of anilines is 1. The maximum atomic E-state index is 12.5. The van der Waals surface area contributed by atoms with Crippen LogP contribution in [-0.4, -0.2) is 23.9 Å². The van der Waals surface area contributed by atoms with Crippen molar-refractivity contribution < 1.29 is 4.79 Å². The number of hydrogen-bond acceptors (Lipinski definition) is 2. The molecule has 0 aliphatic heterocycles. The molecule has 4 heteroatoms. The minimum Gasteiger partial charge on any atom is -0.398 e. The molecule has 0 aliphatic carbocycles. The lowest BCUT2D eigenvalue weighted by Crippen LogP contribution is -2.33. The maximum absolute atomic E-state index is 12.5. The number of nitrogens with zero attached hydrogens (tertiary/aromatic N) is 1. The van der Waals surface area contributed by atoms with Crippen molar-refractivity contribution in [1.82, 2.24) is 4.90 Å². The molecule has 2 N–H and O–H groups in total. The average Bonchev–Trinajstić information content (AvgIpc) is 2.41. The molecule has 1 rings (SSSR count). The zero-order valence-corrected chi connectivity index (χ0v) is 13.4. The molecule has 0 aromatic heterocycles. The van der Waals surface area contributed by atoms with Crippen LogP contribution < -0.4 is 5.73 Å². The molecule has 1 amide bonds. The fourth-order valence-electron chi connectivity index (χ4n) is 1.86. The number of carbonyl (C=O) groups is 1. The Bertz CT molecular complexity index is 413. The highest BCUT2D eigenvalue weighted by Gasteiger charge is 2.15. The second kappa shape index (κ2) is 8.20. The number of benzene rings is 1. The van der Waals surface area contributed by atoms with Crippen molar-refractivity contribution in [1.29, 1.82) is 0 Å². The number of hydrogen-bond donors (Lipinski definition) is 1. The molecule has 0 unspecified atom stereocenters. The summed E-state index contributed by atoms with van der Waals surface area (Å²) in [5, 5.41) is 0. The number of nitrogens with two attached hydrogens (primary N) is 1. The molecular weight excluding hydrogens is 304 g/mol. The summed E-state index contributed by atoms with van der Waals surface area (Å²) in [6.07, 6.45) is 4.29. The third kappa shape index (κ3) is 4.86. The number of carbonyl (C=O) groups excluding carboxylic acids is 1. The van der Waals surface area contributed by atoms with Gasteiger partial charge in [-0.15, -0.1) is 0 Å².